The number of hydrogen-bond acceptors (Lipinski definition) is 4. The fraction of sp³-hybridized carbons (Fsp3) is 0.667. The number of nitrogens with zero attached hydrogens (tertiary/aromatic N) is 3. The van der Waals surface area contributed by atoms with Gasteiger partial charge in [-0.25, -0.2) is 9.37 Å². The molecule has 1 aromatic heterocycles. The number of pyridine rings is 1. The van der Waals surface area contributed by atoms with Crippen LogP contribution in [0, 0.1) is 5.82 Å². The van der Waals surface area contributed by atoms with Gasteiger partial charge in [-0.3, -0.25) is 4.90 Å². The van der Waals surface area contributed by atoms with Crippen molar-refractivity contribution in [3.8, 4) is 0 Å². The van der Waals surface area contributed by atoms with Gasteiger partial charge in [0.25, 0.3) is 0 Å². The second-order valence-corrected chi connectivity index (χ2v) is 5.92. The van der Waals surface area contributed by atoms with Gasteiger partial charge in [-0.15, -0.1) is 0 Å². The van der Waals surface area contributed by atoms with Crippen LogP contribution in [-0.4, -0.2) is 49.2 Å². The molecule has 2 saturated heterocycles. The second-order valence-electron chi connectivity index (χ2n) is 5.92. The number of anilines is 1. The number of halogens is 1. The summed E-state index contributed by atoms with van der Waals surface area (Å²) in [5.74, 6) is 0.362. The quantitative estimate of drug-likeness (QED) is 0.910. The minimum atomic E-state index is -0.165. The van der Waals surface area contributed by atoms with Crippen molar-refractivity contribution >= 4 is 5.82 Å². The Morgan fingerprint density at radius 2 is 2.15 bits per heavy atom. The van der Waals surface area contributed by atoms with Crippen LogP contribution in [0.3, 0.4) is 0 Å². The van der Waals surface area contributed by atoms with E-state index in [-0.39, 0.29) is 5.82 Å². The molecule has 2 bridgehead atoms. The molecule has 0 aromatic carbocycles. The maximum atomic E-state index is 14.6. The average Bonchev–Trinajstić information content (AvgIpc) is 2.67. The van der Waals surface area contributed by atoms with Crippen molar-refractivity contribution in [3.05, 3.63) is 23.6 Å². The minimum Gasteiger partial charge on any atom is -0.353 e. The fourth-order valence-electron chi connectivity index (χ4n) is 3.52. The summed E-state index contributed by atoms with van der Waals surface area (Å²) in [6.45, 7) is 2.33. The van der Waals surface area contributed by atoms with E-state index in [1.807, 2.05) is 7.05 Å². The van der Waals surface area contributed by atoms with Gasteiger partial charge in [-0.1, -0.05) is 0 Å². The highest BCUT2D eigenvalue weighted by Crippen LogP contribution is 2.31. The Kier molecular flexibility index (Phi) is 3.89. The van der Waals surface area contributed by atoms with E-state index in [9.17, 15) is 4.39 Å². The Balaban J connectivity index is 1.84. The summed E-state index contributed by atoms with van der Waals surface area (Å²) in [5, 5.41) is 3.01. The largest absolute Gasteiger partial charge is 0.353 e. The molecule has 3 heterocycles. The van der Waals surface area contributed by atoms with Gasteiger partial charge < -0.3 is 10.2 Å². The van der Waals surface area contributed by atoms with Gasteiger partial charge in [0, 0.05) is 43.5 Å². The summed E-state index contributed by atoms with van der Waals surface area (Å²) in [5.41, 5.74) is 0.695. The monoisotopic (exact) mass is 278 g/mol. The smallest absolute Gasteiger partial charge is 0.170 e. The zero-order valence-corrected chi connectivity index (χ0v) is 12.3. The number of nitrogens with one attached hydrogen (secondary N) is 1. The van der Waals surface area contributed by atoms with Crippen LogP contribution in [0.5, 0.6) is 0 Å². The molecule has 20 heavy (non-hydrogen) atoms. The van der Waals surface area contributed by atoms with E-state index < -0.39 is 0 Å². The summed E-state index contributed by atoms with van der Waals surface area (Å²) in [6, 6.07) is 2.95. The SMILES string of the molecule is CNCc1ccnc(N2CCC3CCC(C2)N3C)c1F. The van der Waals surface area contributed by atoms with Crippen LogP contribution < -0.4 is 10.2 Å². The molecule has 2 aliphatic rings. The van der Waals surface area contributed by atoms with Crippen molar-refractivity contribution in [1.29, 1.82) is 0 Å². The fourth-order valence-corrected chi connectivity index (χ4v) is 3.52. The first-order valence-corrected chi connectivity index (χ1v) is 7.45. The maximum Gasteiger partial charge on any atom is 0.170 e. The van der Waals surface area contributed by atoms with Crippen LogP contribution in [-0.2, 0) is 6.54 Å². The van der Waals surface area contributed by atoms with Crippen molar-refractivity contribution in [3.63, 3.8) is 0 Å². The van der Waals surface area contributed by atoms with E-state index in [1.165, 1.54) is 12.8 Å². The molecule has 0 aliphatic carbocycles. The second kappa shape index (κ2) is 5.66. The van der Waals surface area contributed by atoms with Crippen molar-refractivity contribution in [2.75, 3.05) is 32.1 Å². The van der Waals surface area contributed by atoms with Gasteiger partial charge in [0.2, 0.25) is 0 Å². The lowest BCUT2D eigenvalue weighted by molar-refractivity contribution is 0.254. The predicted octanol–water partition coefficient (Wildman–Crippen LogP) is 1.61. The van der Waals surface area contributed by atoms with Crippen molar-refractivity contribution < 1.29 is 4.39 Å². The number of rotatable bonds is 3. The lowest BCUT2D eigenvalue weighted by atomic mass is 10.1. The minimum absolute atomic E-state index is 0.165. The van der Waals surface area contributed by atoms with Gasteiger partial charge in [0.15, 0.2) is 11.6 Å². The summed E-state index contributed by atoms with van der Waals surface area (Å²) >= 11 is 0. The van der Waals surface area contributed by atoms with Gasteiger partial charge >= 0.3 is 0 Å². The summed E-state index contributed by atoms with van der Waals surface area (Å²) < 4.78 is 14.6. The van der Waals surface area contributed by atoms with Crippen molar-refractivity contribution in [2.24, 2.45) is 0 Å². The van der Waals surface area contributed by atoms with E-state index in [1.54, 1.807) is 12.3 Å². The average molecular weight is 278 g/mol. The first-order chi connectivity index (χ1) is 9.70. The lowest BCUT2D eigenvalue weighted by Gasteiger charge is -2.27. The molecule has 0 amide bonds. The molecule has 3 rings (SSSR count). The van der Waals surface area contributed by atoms with Crippen molar-refractivity contribution in [2.45, 2.75) is 37.9 Å². The highest BCUT2D eigenvalue weighted by molar-refractivity contribution is 5.43. The Bertz CT molecular complexity index is 479. The molecular formula is C15H23FN4. The Hall–Kier alpha value is -1.20. The molecule has 2 unspecified atom stereocenters. The summed E-state index contributed by atoms with van der Waals surface area (Å²) in [4.78, 5) is 8.90. The molecule has 110 valence electrons. The highest BCUT2D eigenvalue weighted by atomic mass is 19.1. The maximum absolute atomic E-state index is 14.6. The van der Waals surface area contributed by atoms with E-state index in [0.717, 1.165) is 19.5 Å². The molecule has 2 fully saturated rings. The predicted molar refractivity (Wildman–Crippen MR) is 78.4 cm³/mol. The molecule has 2 atom stereocenters. The van der Waals surface area contributed by atoms with E-state index >= 15 is 0 Å². The Labute approximate surface area is 120 Å². The van der Waals surface area contributed by atoms with Crippen molar-refractivity contribution in [1.82, 2.24) is 15.2 Å². The summed E-state index contributed by atoms with van der Waals surface area (Å²) in [7, 11) is 4.03. The van der Waals surface area contributed by atoms with Crippen LogP contribution in [0.1, 0.15) is 24.8 Å². The number of hydrogen-bond donors (Lipinski definition) is 1. The van der Waals surface area contributed by atoms with E-state index in [2.05, 4.69) is 27.1 Å². The van der Waals surface area contributed by atoms with E-state index in [0.29, 0.717) is 30.0 Å². The third kappa shape index (κ3) is 2.40. The molecular weight excluding hydrogens is 255 g/mol. The van der Waals surface area contributed by atoms with Gasteiger partial charge in [-0.05, 0) is 39.4 Å². The number of likely N-dealkylation sites (N-methyl/N-ethyl adjacent to an activating group) is 1. The Morgan fingerprint density at radius 3 is 2.95 bits per heavy atom. The van der Waals surface area contributed by atoms with Crippen LogP contribution in [0.2, 0.25) is 0 Å². The third-order valence-corrected chi connectivity index (χ3v) is 4.77. The molecule has 0 radical (unpaired) electrons. The Morgan fingerprint density at radius 1 is 1.35 bits per heavy atom. The lowest BCUT2D eigenvalue weighted by Crippen LogP contribution is -2.37. The standard InChI is InChI=1S/C15H23FN4/c1-17-9-11-5-7-18-15(14(11)16)20-8-6-12-3-4-13(10-20)19(12)2/h5,7,12-13,17H,3-4,6,8-10H2,1-2H3. The van der Waals surface area contributed by atoms with Crippen LogP contribution in [0.25, 0.3) is 0 Å². The van der Waals surface area contributed by atoms with Crippen LogP contribution in [0.4, 0.5) is 10.2 Å². The molecule has 2 aliphatic heterocycles. The highest BCUT2D eigenvalue weighted by Gasteiger charge is 2.35. The number of fused-ring (bicyclic) bond motifs is 2. The first-order valence-electron chi connectivity index (χ1n) is 7.45. The van der Waals surface area contributed by atoms with Gasteiger partial charge in [-0.2, -0.15) is 0 Å². The molecule has 0 saturated carbocycles. The van der Waals surface area contributed by atoms with Gasteiger partial charge in [0.05, 0.1) is 0 Å². The van der Waals surface area contributed by atoms with Crippen LogP contribution >= 0.6 is 0 Å². The topological polar surface area (TPSA) is 31.4 Å². The zero-order chi connectivity index (χ0) is 14.1. The van der Waals surface area contributed by atoms with E-state index in [4.69, 9.17) is 0 Å². The zero-order valence-electron chi connectivity index (χ0n) is 12.3. The van der Waals surface area contributed by atoms with Crippen LogP contribution in [0.15, 0.2) is 12.3 Å². The molecule has 4 nitrogen and oxygen atoms in total. The molecule has 0 spiro atoms. The first kappa shape index (κ1) is 13.8. The normalized spacial score (nSPS) is 26.9. The number of aromatic nitrogens is 1. The van der Waals surface area contributed by atoms with Gasteiger partial charge in [0.1, 0.15) is 0 Å². The third-order valence-electron chi connectivity index (χ3n) is 4.77. The molecule has 1 aromatic rings. The molecule has 1 N–H and O–H groups in total. The summed E-state index contributed by atoms with van der Waals surface area (Å²) in [6.07, 6.45) is 5.32. The molecule has 5 heteroatoms.